The molecule has 0 aliphatic rings. The molecule has 0 aromatic carbocycles. The Balaban J connectivity index is 2.87. The van der Waals surface area contributed by atoms with Gasteiger partial charge in [-0.2, -0.15) is 4.98 Å². The fourth-order valence-electron chi connectivity index (χ4n) is 2.19. The zero-order chi connectivity index (χ0) is 16.0. The van der Waals surface area contributed by atoms with E-state index in [9.17, 15) is 0 Å². The molecule has 1 atom stereocenters. The van der Waals surface area contributed by atoms with Crippen molar-refractivity contribution in [3.05, 3.63) is 6.33 Å². The van der Waals surface area contributed by atoms with E-state index >= 15 is 0 Å². The second-order valence-electron chi connectivity index (χ2n) is 6.34. The maximum absolute atomic E-state index is 6.12. The lowest BCUT2D eigenvalue weighted by molar-refractivity contribution is 0.234. The van der Waals surface area contributed by atoms with E-state index in [1.54, 1.807) is 0 Å². The van der Waals surface area contributed by atoms with E-state index in [4.69, 9.17) is 10.5 Å². The molecule has 0 aliphatic carbocycles. The summed E-state index contributed by atoms with van der Waals surface area (Å²) in [4.78, 5) is 10.5. The van der Waals surface area contributed by atoms with Crippen molar-refractivity contribution in [1.82, 2.24) is 14.9 Å². The Labute approximate surface area is 128 Å². The fraction of sp³-hybridized carbons (Fsp3) is 0.733. The monoisotopic (exact) mass is 295 g/mol. The highest BCUT2D eigenvalue weighted by Gasteiger charge is 2.16. The number of nitrogens with two attached hydrogens (primary N) is 1. The summed E-state index contributed by atoms with van der Waals surface area (Å²) in [5.74, 6) is 1.68. The molecule has 3 N–H and O–H groups in total. The number of nitrogens with one attached hydrogen (secondary N) is 1. The van der Waals surface area contributed by atoms with Crippen LogP contribution in [0.15, 0.2) is 6.33 Å². The Hall–Kier alpha value is -1.56. The van der Waals surface area contributed by atoms with Crippen molar-refractivity contribution in [1.29, 1.82) is 0 Å². The van der Waals surface area contributed by atoms with Gasteiger partial charge in [-0.25, -0.2) is 4.98 Å². The highest BCUT2D eigenvalue weighted by atomic mass is 16.5. The van der Waals surface area contributed by atoms with Crippen molar-refractivity contribution < 1.29 is 4.74 Å². The van der Waals surface area contributed by atoms with Gasteiger partial charge in [0.1, 0.15) is 12.0 Å². The van der Waals surface area contributed by atoms with Gasteiger partial charge in [-0.3, -0.25) is 0 Å². The van der Waals surface area contributed by atoms with E-state index in [1.807, 2.05) is 13.8 Å². The van der Waals surface area contributed by atoms with Crippen LogP contribution >= 0.6 is 0 Å². The molecular weight excluding hydrogens is 266 g/mol. The molecule has 21 heavy (non-hydrogen) atoms. The van der Waals surface area contributed by atoms with Crippen molar-refractivity contribution in [3.63, 3.8) is 0 Å². The Bertz CT molecular complexity index is 424. The lowest BCUT2D eigenvalue weighted by Crippen LogP contribution is -2.34. The zero-order valence-electron chi connectivity index (χ0n) is 14.1. The first-order valence-corrected chi connectivity index (χ1v) is 7.48. The molecule has 0 spiro atoms. The van der Waals surface area contributed by atoms with E-state index in [2.05, 4.69) is 48.1 Å². The second-order valence-corrected chi connectivity index (χ2v) is 6.34. The van der Waals surface area contributed by atoms with Gasteiger partial charge in [-0.15, -0.1) is 0 Å². The minimum Gasteiger partial charge on any atom is -0.473 e. The molecule has 0 bridgehead atoms. The van der Waals surface area contributed by atoms with Gasteiger partial charge < -0.3 is 20.7 Å². The van der Waals surface area contributed by atoms with Crippen LogP contribution in [0.5, 0.6) is 5.88 Å². The first kappa shape index (κ1) is 17.5. The third-order valence-corrected chi connectivity index (χ3v) is 2.88. The van der Waals surface area contributed by atoms with Crippen LogP contribution in [0.2, 0.25) is 0 Å². The summed E-state index contributed by atoms with van der Waals surface area (Å²) in [6, 6.07) is 0.282. The number of nitrogens with zero attached hydrogens (tertiary/aromatic N) is 3. The van der Waals surface area contributed by atoms with Crippen LogP contribution in [-0.2, 0) is 0 Å². The smallest absolute Gasteiger partial charge is 0.242 e. The maximum Gasteiger partial charge on any atom is 0.242 e. The molecule has 0 saturated heterocycles. The van der Waals surface area contributed by atoms with Gasteiger partial charge in [0.15, 0.2) is 5.82 Å². The molecule has 1 unspecified atom stereocenters. The van der Waals surface area contributed by atoms with Crippen molar-refractivity contribution in [2.24, 2.45) is 5.92 Å². The molecule has 1 rings (SSSR count). The van der Waals surface area contributed by atoms with Crippen LogP contribution < -0.4 is 15.8 Å². The van der Waals surface area contributed by atoms with Gasteiger partial charge in [0.2, 0.25) is 5.88 Å². The summed E-state index contributed by atoms with van der Waals surface area (Å²) in [6.45, 7) is 9.23. The maximum atomic E-state index is 6.12. The highest BCUT2D eigenvalue weighted by Crippen LogP contribution is 2.26. The van der Waals surface area contributed by atoms with Crippen LogP contribution in [0.4, 0.5) is 11.5 Å². The number of hydrogen-bond donors (Lipinski definition) is 2. The number of nitrogen functional groups attached to an aromatic ring is 1. The lowest BCUT2D eigenvalue weighted by Gasteiger charge is -2.25. The van der Waals surface area contributed by atoms with E-state index in [0.717, 1.165) is 13.0 Å². The molecule has 1 aromatic rings. The van der Waals surface area contributed by atoms with Crippen molar-refractivity contribution in [2.75, 3.05) is 31.7 Å². The average molecular weight is 295 g/mol. The summed E-state index contributed by atoms with van der Waals surface area (Å²) < 4.78 is 5.60. The van der Waals surface area contributed by atoms with Crippen LogP contribution in [0.1, 0.15) is 34.1 Å². The largest absolute Gasteiger partial charge is 0.473 e. The molecule has 0 aliphatic heterocycles. The molecule has 6 nitrogen and oxygen atoms in total. The van der Waals surface area contributed by atoms with Crippen LogP contribution in [0, 0.1) is 5.92 Å². The molecular formula is C15H29N5O. The van der Waals surface area contributed by atoms with Gasteiger partial charge in [-0.05, 0) is 40.3 Å². The van der Waals surface area contributed by atoms with Gasteiger partial charge in [0.25, 0.3) is 0 Å². The van der Waals surface area contributed by atoms with E-state index in [0.29, 0.717) is 23.3 Å². The topological polar surface area (TPSA) is 76.3 Å². The van der Waals surface area contributed by atoms with Crippen molar-refractivity contribution in [3.8, 4) is 5.88 Å². The molecule has 1 aromatic heterocycles. The molecule has 1 heterocycles. The quantitative estimate of drug-likeness (QED) is 0.766. The van der Waals surface area contributed by atoms with Gasteiger partial charge in [-0.1, -0.05) is 13.8 Å². The van der Waals surface area contributed by atoms with Gasteiger partial charge in [0, 0.05) is 12.6 Å². The Morgan fingerprint density at radius 3 is 2.43 bits per heavy atom. The van der Waals surface area contributed by atoms with Gasteiger partial charge in [0.05, 0.1) is 6.10 Å². The molecule has 0 saturated carbocycles. The second kappa shape index (κ2) is 8.02. The van der Waals surface area contributed by atoms with Crippen LogP contribution in [-0.4, -0.2) is 47.7 Å². The Morgan fingerprint density at radius 1 is 1.24 bits per heavy atom. The standard InChI is InChI=1S/C15H29N5O/c1-10(2)7-12(8-20(5)6)19-14-13(16)15(18-9-17-14)21-11(3)4/h9-12H,7-8,16H2,1-6H3,(H,17,18,19). The Kier molecular flexibility index (Phi) is 6.68. The summed E-state index contributed by atoms with van der Waals surface area (Å²) in [7, 11) is 4.12. The van der Waals surface area contributed by atoms with Crippen LogP contribution in [0.25, 0.3) is 0 Å². The molecule has 0 fully saturated rings. The number of likely N-dealkylation sites (N-methyl/N-ethyl adjacent to an activating group) is 1. The van der Waals surface area contributed by atoms with E-state index in [-0.39, 0.29) is 12.1 Å². The van der Waals surface area contributed by atoms with Crippen LogP contribution in [0.3, 0.4) is 0 Å². The molecule has 6 heteroatoms. The summed E-state index contributed by atoms with van der Waals surface area (Å²) in [6.07, 6.45) is 2.56. The SMILES string of the molecule is CC(C)CC(CN(C)C)Nc1ncnc(OC(C)C)c1N. The number of hydrogen-bond acceptors (Lipinski definition) is 6. The Morgan fingerprint density at radius 2 is 1.90 bits per heavy atom. The first-order chi connectivity index (χ1) is 9.79. The first-order valence-electron chi connectivity index (χ1n) is 7.48. The minimum atomic E-state index is 0.0308. The van der Waals surface area contributed by atoms with Crippen molar-refractivity contribution >= 4 is 11.5 Å². The lowest BCUT2D eigenvalue weighted by atomic mass is 10.0. The third-order valence-electron chi connectivity index (χ3n) is 2.88. The van der Waals surface area contributed by atoms with Gasteiger partial charge >= 0.3 is 0 Å². The number of ether oxygens (including phenoxy) is 1. The minimum absolute atomic E-state index is 0.0308. The molecule has 0 amide bonds. The number of rotatable bonds is 8. The summed E-state index contributed by atoms with van der Waals surface area (Å²) in [5, 5.41) is 3.43. The summed E-state index contributed by atoms with van der Waals surface area (Å²) in [5.41, 5.74) is 6.59. The molecule has 120 valence electrons. The fourth-order valence-corrected chi connectivity index (χ4v) is 2.19. The normalized spacial score (nSPS) is 13.0. The summed E-state index contributed by atoms with van der Waals surface area (Å²) >= 11 is 0. The van der Waals surface area contributed by atoms with Crippen molar-refractivity contribution in [2.45, 2.75) is 46.3 Å². The van der Waals surface area contributed by atoms with E-state index < -0.39 is 0 Å². The molecule has 0 radical (unpaired) electrons. The highest BCUT2D eigenvalue weighted by molar-refractivity contribution is 5.66. The predicted octanol–water partition coefficient (Wildman–Crippen LogP) is 2.23. The number of aromatic nitrogens is 2. The third kappa shape index (κ3) is 6.16. The predicted molar refractivity (Wildman–Crippen MR) is 87.6 cm³/mol. The number of anilines is 2. The zero-order valence-corrected chi connectivity index (χ0v) is 14.1. The van der Waals surface area contributed by atoms with E-state index in [1.165, 1.54) is 6.33 Å². The average Bonchev–Trinajstić information content (AvgIpc) is 2.32.